The Balaban J connectivity index is 1.73. The lowest BCUT2D eigenvalue weighted by Gasteiger charge is -2.23. The first-order chi connectivity index (χ1) is 15.2. The second kappa shape index (κ2) is 10.8. The van der Waals surface area contributed by atoms with Crippen molar-refractivity contribution < 1.29 is 17.5 Å². The fraction of sp³-hybridized carbons (Fsp3) is 0.348. The number of rotatable bonds is 10. The number of hydrogen-bond acceptors (Lipinski definition) is 7. The molecule has 7 nitrogen and oxygen atoms in total. The normalized spacial score (nSPS) is 11.9. The van der Waals surface area contributed by atoms with Crippen LogP contribution in [0.2, 0.25) is 0 Å². The Morgan fingerprint density at radius 1 is 1.09 bits per heavy atom. The van der Waals surface area contributed by atoms with Gasteiger partial charge in [-0.25, -0.2) is 13.0 Å². The number of thiazole rings is 1. The Morgan fingerprint density at radius 3 is 2.50 bits per heavy atom. The van der Waals surface area contributed by atoms with Gasteiger partial charge in [-0.05, 0) is 73.0 Å². The summed E-state index contributed by atoms with van der Waals surface area (Å²) in [6.07, 6.45) is 2.15. The van der Waals surface area contributed by atoms with Crippen LogP contribution in [0.15, 0.2) is 65.0 Å². The molecule has 1 aromatic heterocycles. The van der Waals surface area contributed by atoms with Crippen LogP contribution in [0, 0.1) is 13.8 Å². The summed E-state index contributed by atoms with van der Waals surface area (Å²) in [4.78, 5) is 3.35. The summed E-state index contributed by atoms with van der Waals surface area (Å²) in [5.41, 5.74) is 4.20. The fourth-order valence-electron chi connectivity index (χ4n) is 3.39. The highest BCUT2D eigenvalue weighted by Gasteiger charge is 2.16. The number of hydrogen-bond donors (Lipinski definition) is 0. The maximum Gasteiger partial charge on any atom is 0.408 e. The molecule has 1 heterocycles. The summed E-state index contributed by atoms with van der Waals surface area (Å²) < 4.78 is 34.4. The van der Waals surface area contributed by atoms with Crippen LogP contribution in [0.5, 0.6) is 0 Å². The number of aryl methyl sites for hydroxylation is 3. The molecule has 0 spiro atoms. The van der Waals surface area contributed by atoms with E-state index in [1.165, 1.54) is 16.9 Å². The Morgan fingerprint density at radius 2 is 1.84 bits per heavy atom. The maximum absolute atomic E-state index is 10.9. The average molecular weight is 473 g/mol. The molecule has 2 aromatic carbocycles. The molecule has 0 atom stereocenters. The zero-order chi connectivity index (χ0) is 23.1. The SMILES string of the molecule is CCN(Cc1ccccc1)c1ccc(N=Nc2sc(C)c[n+]2CCCS(=O)(=O)[O-])c(C)c1. The zero-order valence-corrected chi connectivity index (χ0v) is 20.2. The third kappa shape index (κ3) is 6.94. The molecule has 0 aliphatic carbocycles. The van der Waals surface area contributed by atoms with Gasteiger partial charge in [0.15, 0.2) is 0 Å². The molecule has 170 valence electrons. The predicted molar refractivity (Wildman–Crippen MR) is 127 cm³/mol. The Kier molecular flexibility index (Phi) is 8.11. The minimum Gasteiger partial charge on any atom is -0.748 e. The summed E-state index contributed by atoms with van der Waals surface area (Å²) in [5, 5.41) is 9.51. The van der Waals surface area contributed by atoms with Gasteiger partial charge < -0.3 is 9.45 Å². The molecule has 0 radical (unpaired) electrons. The van der Waals surface area contributed by atoms with Crippen molar-refractivity contribution in [2.45, 2.75) is 40.3 Å². The molecule has 3 aromatic rings. The largest absolute Gasteiger partial charge is 0.748 e. The number of benzene rings is 2. The van der Waals surface area contributed by atoms with Gasteiger partial charge in [-0.2, -0.15) is 0 Å². The molecule has 0 N–H and O–H groups in total. The molecule has 0 saturated carbocycles. The minimum absolute atomic E-state index is 0.247. The van der Waals surface area contributed by atoms with Gasteiger partial charge in [-0.15, -0.1) is 0 Å². The summed E-state index contributed by atoms with van der Waals surface area (Å²) in [6, 6.07) is 16.5. The van der Waals surface area contributed by atoms with Gasteiger partial charge in [-0.3, -0.25) is 0 Å². The summed E-state index contributed by atoms with van der Waals surface area (Å²) in [7, 11) is -4.21. The second-order valence-electron chi connectivity index (χ2n) is 7.60. The van der Waals surface area contributed by atoms with Gasteiger partial charge in [0.05, 0.1) is 21.8 Å². The van der Waals surface area contributed by atoms with Crippen LogP contribution in [-0.4, -0.2) is 25.3 Å². The van der Waals surface area contributed by atoms with Crippen LogP contribution in [0.25, 0.3) is 0 Å². The molecule has 0 amide bonds. The smallest absolute Gasteiger partial charge is 0.408 e. The van der Waals surface area contributed by atoms with E-state index in [1.54, 1.807) is 0 Å². The Labute approximate surface area is 193 Å². The number of azo groups is 1. The summed E-state index contributed by atoms with van der Waals surface area (Å²) in [5.74, 6) is -0.386. The molecular formula is C23H28N4O3S2. The van der Waals surface area contributed by atoms with E-state index in [0.717, 1.165) is 34.9 Å². The highest BCUT2D eigenvalue weighted by atomic mass is 32.2. The number of anilines is 1. The lowest BCUT2D eigenvalue weighted by molar-refractivity contribution is -0.680. The van der Waals surface area contributed by atoms with E-state index in [0.29, 0.717) is 11.7 Å². The van der Waals surface area contributed by atoms with Crippen molar-refractivity contribution in [1.29, 1.82) is 0 Å². The van der Waals surface area contributed by atoms with Gasteiger partial charge >= 0.3 is 5.13 Å². The van der Waals surface area contributed by atoms with Gasteiger partial charge in [0, 0.05) is 29.4 Å². The summed E-state index contributed by atoms with van der Waals surface area (Å²) >= 11 is 1.48. The third-order valence-electron chi connectivity index (χ3n) is 5.02. The van der Waals surface area contributed by atoms with Crippen molar-refractivity contribution in [2.75, 3.05) is 17.2 Å². The number of aromatic nitrogens is 1. The monoisotopic (exact) mass is 472 g/mol. The zero-order valence-electron chi connectivity index (χ0n) is 18.6. The second-order valence-corrected chi connectivity index (χ2v) is 10.3. The molecule has 9 heteroatoms. The first-order valence-corrected chi connectivity index (χ1v) is 12.9. The Hall–Kier alpha value is -2.62. The van der Waals surface area contributed by atoms with Gasteiger partial charge in [0.1, 0.15) is 11.9 Å². The van der Waals surface area contributed by atoms with Crippen molar-refractivity contribution in [2.24, 2.45) is 10.2 Å². The van der Waals surface area contributed by atoms with Gasteiger partial charge in [0.25, 0.3) is 0 Å². The first kappa shape index (κ1) is 24.0. The average Bonchev–Trinajstić information content (AvgIpc) is 3.10. The minimum atomic E-state index is -4.21. The molecule has 0 unspecified atom stereocenters. The van der Waals surface area contributed by atoms with Crippen molar-refractivity contribution in [3.8, 4) is 0 Å². The van der Waals surface area contributed by atoms with Gasteiger partial charge in [0.2, 0.25) is 0 Å². The van der Waals surface area contributed by atoms with Crippen LogP contribution in [-0.2, 0) is 23.2 Å². The van der Waals surface area contributed by atoms with E-state index in [-0.39, 0.29) is 12.2 Å². The van der Waals surface area contributed by atoms with E-state index < -0.39 is 10.1 Å². The van der Waals surface area contributed by atoms with Crippen molar-refractivity contribution >= 4 is 38.0 Å². The molecule has 0 bridgehead atoms. The highest BCUT2D eigenvalue weighted by Crippen LogP contribution is 2.28. The van der Waals surface area contributed by atoms with Crippen molar-refractivity contribution in [3.05, 3.63) is 70.7 Å². The molecule has 0 fully saturated rings. The Bertz CT molecular complexity index is 1180. The summed E-state index contributed by atoms with van der Waals surface area (Å²) in [6.45, 7) is 8.25. The standard InChI is InChI=1S/C23H28N4O3S2/c1-4-26(17-20-9-6-5-7-10-20)21-11-12-22(18(2)15-21)24-25-23-27(16-19(3)31-23)13-8-14-32(28,29)30/h5-7,9-12,15-16H,4,8,13-14,17H2,1-3H3. The van der Waals surface area contributed by atoms with Crippen molar-refractivity contribution in [3.63, 3.8) is 0 Å². The quantitative estimate of drug-likeness (QED) is 0.235. The first-order valence-electron chi connectivity index (χ1n) is 10.5. The molecule has 3 rings (SSSR count). The lowest BCUT2D eigenvalue weighted by atomic mass is 10.1. The van der Waals surface area contributed by atoms with Crippen LogP contribution in [0.3, 0.4) is 0 Å². The molecule has 0 aliphatic rings. The van der Waals surface area contributed by atoms with Crippen LogP contribution >= 0.6 is 11.3 Å². The highest BCUT2D eigenvalue weighted by molar-refractivity contribution is 7.85. The van der Waals surface area contributed by atoms with Crippen LogP contribution in [0.4, 0.5) is 16.5 Å². The van der Waals surface area contributed by atoms with E-state index in [2.05, 4.69) is 58.5 Å². The van der Waals surface area contributed by atoms with Crippen LogP contribution in [0.1, 0.15) is 29.3 Å². The fourth-order valence-corrected chi connectivity index (χ4v) is 4.68. The predicted octanol–water partition coefficient (Wildman–Crippen LogP) is 5.03. The lowest BCUT2D eigenvalue weighted by Crippen LogP contribution is -2.32. The van der Waals surface area contributed by atoms with E-state index in [9.17, 15) is 13.0 Å². The van der Waals surface area contributed by atoms with Crippen molar-refractivity contribution in [1.82, 2.24) is 0 Å². The van der Waals surface area contributed by atoms with E-state index in [4.69, 9.17) is 0 Å². The van der Waals surface area contributed by atoms with Gasteiger partial charge in [-0.1, -0.05) is 30.3 Å². The topological polar surface area (TPSA) is 89.0 Å². The van der Waals surface area contributed by atoms with E-state index in [1.807, 2.05) is 36.7 Å². The van der Waals surface area contributed by atoms with Crippen LogP contribution < -0.4 is 9.47 Å². The third-order valence-corrected chi connectivity index (χ3v) is 6.73. The molecule has 0 aliphatic heterocycles. The molecular weight excluding hydrogens is 444 g/mol. The van der Waals surface area contributed by atoms with E-state index >= 15 is 0 Å². The molecule has 32 heavy (non-hydrogen) atoms. The number of nitrogens with zero attached hydrogens (tertiary/aromatic N) is 4. The maximum atomic E-state index is 10.9. The molecule has 0 saturated heterocycles.